The number of hydrogen-bond donors (Lipinski definition) is 0. The third kappa shape index (κ3) is 2.51. The first kappa shape index (κ1) is 18.6. The van der Waals surface area contributed by atoms with Crippen molar-refractivity contribution < 1.29 is 9.53 Å². The Morgan fingerprint density at radius 1 is 0.933 bits per heavy atom. The van der Waals surface area contributed by atoms with Crippen molar-refractivity contribution >= 4 is 23.2 Å². The van der Waals surface area contributed by atoms with Crippen LogP contribution < -0.4 is 9.80 Å². The van der Waals surface area contributed by atoms with E-state index in [1.165, 1.54) is 12.7 Å². The number of amides is 1. The molecule has 3 aromatic rings. The molecule has 3 aromatic carbocycles. The quantitative estimate of drug-likeness (QED) is 0.623. The number of hydrogen-bond acceptors (Lipinski definition) is 4. The van der Waals surface area contributed by atoms with Gasteiger partial charge in [0, 0.05) is 36.2 Å². The largest absolute Gasteiger partial charge is 0.453 e. The van der Waals surface area contributed by atoms with E-state index in [4.69, 9.17) is 4.74 Å². The zero-order chi connectivity index (χ0) is 20.7. The molecule has 0 saturated carbocycles. The molecule has 0 spiro atoms. The van der Waals surface area contributed by atoms with Crippen LogP contribution in [-0.4, -0.2) is 37.9 Å². The van der Waals surface area contributed by atoms with E-state index in [-0.39, 0.29) is 12.3 Å². The summed E-state index contributed by atoms with van der Waals surface area (Å²) in [5.41, 5.74) is 4.16. The smallest absolute Gasteiger partial charge is 0.411 e. The van der Waals surface area contributed by atoms with Crippen molar-refractivity contribution in [3.8, 4) is 0 Å². The van der Waals surface area contributed by atoms with Crippen molar-refractivity contribution in [2.24, 2.45) is 0 Å². The number of para-hydroxylation sites is 3. The highest BCUT2D eigenvalue weighted by molar-refractivity contribution is 5.78. The van der Waals surface area contributed by atoms with Crippen molar-refractivity contribution in [2.45, 2.75) is 18.1 Å². The van der Waals surface area contributed by atoms with Crippen LogP contribution in [0.3, 0.4) is 0 Å². The molecule has 2 unspecified atom stereocenters. The van der Waals surface area contributed by atoms with Crippen molar-refractivity contribution in [3.63, 3.8) is 0 Å². The number of ether oxygens (including phenoxy) is 1. The Kier molecular flexibility index (Phi) is 4.39. The van der Waals surface area contributed by atoms with Gasteiger partial charge >= 0.3 is 6.09 Å². The van der Waals surface area contributed by atoms with Gasteiger partial charge in [0.2, 0.25) is 0 Å². The first-order valence-electron chi connectivity index (χ1n) is 10.3. The molecule has 152 valence electrons. The lowest BCUT2D eigenvalue weighted by Gasteiger charge is -2.45. The summed E-state index contributed by atoms with van der Waals surface area (Å²) in [6.07, 6.45) is 0.336. The molecule has 2 aliphatic rings. The van der Waals surface area contributed by atoms with Crippen molar-refractivity contribution in [3.05, 3.63) is 90.5 Å². The van der Waals surface area contributed by atoms with E-state index in [0.717, 1.165) is 23.5 Å². The normalized spacial score (nSPS) is 21.9. The number of carbonyl (C=O) groups is 1. The second kappa shape index (κ2) is 7.10. The van der Waals surface area contributed by atoms with Crippen LogP contribution in [0.15, 0.2) is 84.9 Å². The van der Waals surface area contributed by atoms with Gasteiger partial charge in [-0.3, -0.25) is 4.90 Å². The molecule has 2 atom stereocenters. The number of methoxy groups -OCH3 is 1. The van der Waals surface area contributed by atoms with Crippen LogP contribution in [0, 0.1) is 0 Å². The minimum atomic E-state index is -0.428. The van der Waals surface area contributed by atoms with Crippen LogP contribution >= 0.6 is 0 Å². The molecule has 1 amide bonds. The Labute approximate surface area is 177 Å². The number of rotatable bonds is 3. The van der Waals surface area contributed by atoms with Crippen molar-refractivity contribution in [1.29, 1.82) is 0 Å². The zero-order valence-electron chi connectivity index (χ0n) is 17.2. The molecule has 2 heterocycles. The van der Waals surface area contributed by atoms with E-state index in [0.29, 0.717) is 6.54 Å². The third-order valence-corrected chi connectivity index (χ3v) is 6.41. The van der Waals surface area contributed by atoms with Crippen LogP contribution in [0.5, 0.6) is 0 Å². The fraction of sp³-hybridized carbons (Fsp3) is 0.240. The summed E-state index contributed by atoms with van der Waals surface area (Å²) in [4.78, 5) is 19.2. The molecule has 1 saturated heterocycles. The SMILES string of the molecule is COC(=O)N1CCC2(N(c3ccccc3)c3ccccc3)c3ccccc3N(C)C12. The Morgan fingerprint density at radius 2 is 1.50 bits per heavy atom. The third-order valence-electron chi connectivity index (χ3n) is 6.41. The lowest BCUT2D eigenvalue weighted by atomic mass is 9.85. The molecule has 0 aromatic heterocycles. The number of carbonyl (C=O) groups excluding carboxylic acids is 1. The fourth-order valence-electron chi connectivity index (χ4n) is 5.30. The molecule has 0 bridgehead atoms. The number of benzene rings is 3. The highest BCUT2D eigenvalue weighted by atomic mass is 16.5. The van der Waals surface area contributed by atoms with Crippen molar-refractivity contribution in [1.82, 2.24) is 4.90 Å². The van der Waals surface area contributed by atoms with E-state index in [1.54, 1.807) is 0 Å². The van der Waals surface area contributed by atoms with Gasteiger partial charge in [-0.15, -0.1) is 0 Å². The standard InChI is InChI=1S/C25H25N3O2/c1-26-22-16-10-9-15-21(22)25(17-18-27(23(25)26)24(29)30-2)28(19-11-5-3-6-12-19)20-13-7-4-8-14-20/h3-16,23H,17-18H2,1-2H3. The lowest BCUT2D eigenvalue weighted by molar-refractivity contribution is 0.113. The summed E-state index contributed by atoms with van der Waals surface area (Å²) in [6.45, 7) is 0.631. The Balaban J connectivity index is 1.78. The van der Waals surface area contributed by atoms with E-state index >= 15 is 0 Å². The second-order valence-corrected chi connectivity index (χ2v) is 7.85. The van der Waals surface area contributed by atoms with E-state index in [9.17, 15) is 4.79 Å². The molecule has 0 radical (unpaired) electrons. The van der Waals surface area contributed by atoms with Crippen LogP contribution in [0.2, 0.25) is 0 Å². The maximum atomic E-state index is 12.7. The van der Waals surface area contributed by atoms with Gasteiger partial charge in [-0.25, -0.2) is 4.79 Å². The van der Waals surface area contributed by atoms with Crippen LogP contribution in [0.25, 0.3) is 0 Å². The zero-order valence-corrected chi connectivity index (χ0v) is 17.2. The number of likely N-dealkylation sites (tertiary alicyclic amines) is 1. The minimum Gasteiger partial charge on any atom is -0.453 e. The molecule has 5 nitrogen and oxygen atoms in total. The summed E-state index contributed by atoms with van der Waals surface area (Å²) in [6, 6.07) is 29.4. The molecular weight excluding hydrogens is 374 g/mol. The summed E-state index contributed by atoms with van der Waals surface area (Å²) in [5, 5.41) is 0. The fourth-order valence-corrected chi connectivity index (χ4v) is 5.30. The van der Waals surface area contributed by atoms with E-state index < -0.39 is 5.54 Å². The summed E-state index contributed by atoms with van der Waals surface area (Å²) in [5.74, 6) is 0. The number of anilines is 3. The molecule has 2 aliphatic heterocycles. The number of fused-ring (bicyclic) bond motifs is 3. The van der Waals surface area contributed by atoms with Gasteiger partial charge in [0.05, 0.1) is 7.11 Å². The van der Waals surface area contributed by atoms with Gasteiger partial charge < -0.3 is 14.5 Å². The highest BCUT2D eigenvalue weighted by Gasteiger charge is 2.61. The van der Waals surface area contributed by atoms with Crippen molar-refractivity contribution in [2.75, 3.05) is 30.5 Å². The Hall–Kier alpha value is -3.47. The maximum absolute atomic E-state index is 12.7. The van der Waals surface area contributed by atoms with E-state index in [2.05, 4.69) is 89.6 Å². The predicted octanol–water partition coefficient (Wildman–Crippen LogP) is 4.97. The lowest BCUT2D eigenvalue weighted by Crippen LogP contribution is -2.56. The van der Waals surface area contributed by atoms with Crippen LogP contribution in [0.4, 0.5) is 21.9 Å². The molecule has 5 heteroatoms. The maximum Gasteiger partial charge on any atom is 0.411 e. The van der Waals surface area contributed by atoms with Gasteiger partial charge in [0.1, 0.15) is 11.7 Å². The molecule has 0 N–H and O–H groups in total. The molecule has 5 rings (SSSR count). The summed E-state index contributed by atoms with van der Waals surface area (Å²) < 4.78 is 5.17. The Morgan fingerprint density at radius 3 is 2.10 bits per heavy atom. The van der Waals surface area contributed by atoms with Gasteiger partial charge in [-0.1, -0.05) is 54.6 Å². The minimum absolute atomic E-state index is 0.178. The van der Waals surface area contributed by atoms with Gasteiger partial charge in [0.15, 0.2) is 0 Å². The summed E-state index contributed by atoms with van der Waals surface area (Å²) >= 11 is 0. The van der Waals surface area contributed by atoms with Gasteiger partial charge in [-0.05, 0) is 36.8 Å². The molecule has 30 heavy (non-hydrogen) atoms. The van der Waals surface area contributed by atoms with E-state index in [1.807, 2.05) is 17.0 Å². The molecule has 1 fully saturated rings. The first-order chi connectivity index (χ1) is 14.7. The van der Waals surface area contributed by atoms with Gasteiger partial charge in [0.25, 0.3) is 0 Å². The summed E-state index contributed by atoms with van der Waals surface area (Å²) in [7, 11) is 3.53. The van der Waals surface area contributed by atoms with Crippen LogP contribution in [0.1, 0.15) is 12.0 Å². The highest BCUT2D eigenvalue weighted by Crippen LogP contribution is 2.56. The Bertz CT molecular complexity index is 1020. The monoisotopic (exact) mass is 399 g/mol. The average Bonchev–Trinajstić information content (AvgIpc) is 3.30. The van der Waals surface area contributed by atoms with Gasteiger partial charge in [-0.2, -0.15) is 0 Å². The molecular formula is C25H25N3O2. The first-order valence-corrected chi connectivity index (χ1v) is 10.3. The van der Waals surface area contributed by atoms with Crippen LogP contribution in [-0.2, 0) is 10.3 Å². The molecule has 0 aliphatic carbocycles. The number of nitrogens with zero attached hydrogens (tertiary/aromatic N) is 3. The topological polar surface area (TPSA) is 36.0 Å². The average molecular weight is 399 g/mol. The predicted molar refractivity (Wildman–Crippen MR) is 119 cm³/mol. The number of likely N-dealkylation sites (N-methyl/N-ethyl adjacent to an activating group) is 1. The second-order valence-electron chi connectivity index (χ2n) is 7.85.